The monoisotopic (exact) mass is 593 g/mol. The Hall–Kier alpha value is -3.13. The summed E-state index contributed by atoms with van der Waals surface area (Å²) in [5.41, 5.74) is 4.50. The van der Waals surface area contributed by atoms with Crippen molar-refractivity contribution in [3.05, 3.63) is 106 Å². The molecule has 0 spiro atoms. The topological polar surface area (TPSA) is 36.3 Å². The summed E-state index contributed by atoms with van der Waals surface area (Å²) < 4.78 is 16.0. The third-order valence-corrected chi connectivity index (χ3v) is 8.69. The van der Waals surface area contributed by atoms with Crippen molar-refractivity contribution in [1.29, 1.82) is 0 Å². The van der Waals surface area contributed by atoms with E-state index in [1.807, 2.05) is 47.2 Å². The summed E-state index contributed by atoms with van der Waals surface area (Å²) in [6, 6.07) is 20.3. The first-order chi connectivity index (χ1) is 19.3. The Morgan fingerprint density at radius 3 is 2.38 bits per heavy atom. The number of pyridine rings is 1. The van der Waals surface area contributed by atoms with E-state index in [4.69, 9.17) is 35.4 Å². The van der Waals surface area contributed by atoms with Crippen molar-refractivity contribution in [2.75, 3.05) is 22.9 Å². The van der Waals surface area contributed by atoms with E-state index in [9.17, 15) is 4.39 Å². The van der Waals surface area contributed by atoms with E-state index in [2.05, 4.69) is 46.1 Å². The summed E-state index contributed by atoms with van der Waals surface area (Å²) in [5, 5.41) is 4.85. The third-order valence-electron chi connectivity index (χ3n) is 7.78. The van der Waals surface area contributed by atoms with E-state index in [1.165, 1.54) is 12.5 Å². The molecule has 2 fully saturated rings. The minimum atomic E-state index is -0.456. The number of aromatic nitrogens is 2. The first-order valence-electron chi connectivity index (χ1n) is 13.5. The SMILES string of the molecule is C[C@@H]1C[C@H](C)CN(c2ccc(N3C(=S)N[C@@H](c4ccccn4)[C@H]3c3cccn3-c3ccc(F)c(Cl)c3)cc2Cl)C1. The Morgan fingerprint density at radius 2 is 1.68 bits per heavy atom. The molecule has 40 heavy (non-hydrogen) atoms. The molecule has 2 aromatic heterocycles. The van der Waals surface area contributed by atoms with E-state index in [0.29, 0.717) is 22.0 Å². The lowest BCUT2D eigenvalue weighted by Crippen LogP contribution is -2.38. The molecule has 9 heteroatoms. The molecular formula is C31H30Cl2FN5S. The normalized spacial score (nSPS) is 23.0. The van der Waals surface area contributed by atoms with Crippen LogP contribution < -0.4 is 15.1 Å². The largest absolute Gasteiger partial charge is 0.370 e. The van der Waals surface area contributed by atoms with Crippen molar-refractivity contribution < 1.29 is 4.39 Å². The Kier molecular flexibility index (Phi) is 7.46. The lowest BCUT2D eigenvalue weighted by molar-refractivity contribution is 0.357. The van der Waals surface area contributed by atoms with Gasteiger partial charge in [0, 0.05) is 42.6 Å². The molecule has 0 radical (unpaired) electrons. The molecule has 4 aromatic rings. The second-order valence-corrected chi connectivity index (χ2v) is 12.1. The molecule has 5 nitrogen and oxygen atoms in total. The van der Waals surface area contributed by atoms with Crippen LogP contribution in [-0.2, 0) is 0 Å². The summed E-state index contributed by atoms with van der Waals surface area (Å²) in [6.07, 6.45) is 4.96. The quantitative estimate of drug-likeness (QED) is 0.237. The zero-order chi connectivity index (χ0) is 28.0. The highest BCUT2D eigenvalue weighted by molar-refractivity contribution is 7.80. The predicted molar refractivity (Wildman–Crippen MR) is 165 cm³/mol. The second-order valence-electron chi connectivity index (χ2n) is 10.9. The number of hydrogen-bond acceptors (Lipinski definition) is 3. The summed E-state index contributed by atoms with van der Waals surface area (Å²) in [4.78, 5) is 9.15. The maximum Gasteiger partial charge on any atom is 0.174 e. The van der Waals surface area contributed by atoms with Crippen molar-refractivity contribution in [3.8, 4) is 5.69 Å². The Balaban J connectivity index is 1.43. The molecule has 4 heterocycles. The Bertz CT molecular complexity index is 1530. The van der Waals surface area contributed by atoms with Crippen LogP contribution in [0, 0.1) is 17.7 Å². The number of hydrogen-bond donors (Lipinski definition) is 1. The minimum Gasteiger partial charge on any atom is -0.370 e. The molecule has 6 rings (SSSR count). The summed E-state index contributed by atoms with van der Waals surface area (Å²) in [6.45, 7) is 6.58. The molecule has 0 saturated carbocycles. The molecular weight excluding hydrogens is 564 g/mol. The molecule has 0 bridgehead atoms. The van der Waals surface area contributed by atoms with Crippen LogP contribution >= 0.6 is 35.4 Å². The average molecular weight is 595 g/mol. The lowest BCUT2D eigenvalue weighted by Gasteiger charge is -2.37. The molecule has 2 saturated heterocycles. The molecule has 1 N–H and O–H groups in total. The summed E-state index contributed by atoms with van der Waals surface area (Å²) in [7, 11) is 0. The van der Waals surface area contributed by atoms with Gasteiger partial charge >= 0.3 is 0 Å². The molecule has 2 aromatic carbocycles. The van der Waals surface area contributed by atoms with Gasteiger partial charge in [-0.05, 0) is 91.1 Å². The number of nitrogens with zero attached hydrogens (tertiary/aromatic N) is 4. The second kappa shape index (κ2) is 11.0. The van der Waals surface area contributed by atoms with Gasteiger partial charge in [-0.25, -0.2) is 4.39 Å². The highest BCUT2D eigenvalue weighted by Gasteiger charge is 2.42. The highest BCUT2D eigenvalue weighted by Crippen LogP contribution is 2.44. The fraction of sp³-hybridized carbons (Fsp3) is 0.290. The Morgan fingerprint density at radius 1 is 0.925 bits per heavy atom. The van der Waals surface area contributed by atoms with E-state index in [0.717, 1.165) is 41.5 Å². The van der Waals surface area contributed by atoms with Gasteiger partial charge in [0.15, 0.2) is 5.11 Å². The van der Waals surface area contributed by atoms with Crippen LogP contribution in [0.1, 0.15) is 43.7 Å². The number of rotatable bonds is 5. The van der Waals surface area contributed by atoms with Crippen molar-refractivity contribution >= 4 is 51.9 Å². The maximum absolute atomic E-state index is 14.0. The van der Waals surface area contributed by atoms with Crippen LogP contribution in [0.15, 0.2) is 79.1 Å². The number of piperidine rings is 1. The van der Waals surface area contributed by atoms with Crippen LogP contribution in [0.3, 0.4) is 0 Å². The van der Waals surface area contributed by atoms with Gasteiger partial charge in [-0.3, -0.25) is 4.98 Å². The maximum atomic E-state index is 14.0. The van der Waals surface area contributed by atoms with Gasteiger partial charge in [0.2, 0.25) is 0 Å². The van der Waals surface area contributed by atoms with Crippen molar-refractivity contribution in [3.63, 3.8) is 0 Å². The fourth-order valence-corrected chi connectivity index (χ4v) is 7.02. The van der Waals surface area contributed by atoms with Crippen LogP contribution in [0.5, 0.6) is 0 Å². The van der Waals surface area contributed by atoms with Gasteiger partial charge in [0.1, 0.15) is 11.9 Å². The molecule has 0 unspecified atom stereocenters. The van der Waals surface area contributed by atoms with Gasteiger partial charge in [0.25, 0.3) is 0 Å². The number of anilines is 2. The van der Waals surface area contributed by atoms with Gasteiger partial charge < -0.3 is 19.7 Å². The summed E-state index contributed by atoms with van der Waals surface area (Å²) in [5.74, 6) is 0.778. The van der Waals surface area contributed by atoms with E-state index in [-0.39, 0.29) is 17.1 Å². The first kappa shape index (κ1) is 27.1. The van der Waals surface area contributed by atoms with E-state index >= 15 is 0 Å². The van der Waals surface area contributed by atoms with Gasteiger partial charge in [-0.1, -0.05) is 43.1 Å². The van der Waals surface area contributed by atoms with Crippen LogP contribution in [0.4, 0.5) is 15.8 Å². The minimum absolute atomic E-state index is 0.0686. The smallest absolute Gasteiger partial charge is 0.174 e. The first-order valence-corrected chi connectivity index (χ1v) is 14.6. The number of halogens is 3. The zero-order valence-electron chi connectivity index (χ0n) is 22.3. The van der Waals surface area contributed by atoms with Gasteiger partial charge in [-0.2, -0.15) is 0 Å². The molecule has 2 aliphatic heterocycles. The van der Waals surface area contributed by atoms with Crippen LogP contribution in [-0.4, -0.2) is 27.8 Å². The number of thiocarbonyl (C=S) groups is 1. The lowest BCUT2D eigenvalue weighted by atomic mass is 9.91. The number of nitrogens with one attached hydrogen (secondary N) is 1. The number of benzene rings is 2. The van der Waals surface area contributed by atoms with E-state index < -0.39 is 5.82 Å². The highest BCUT2D eigenvalue weighted by atomic mass is 35.5. The zero-order valence-corrected chi connectivity index (χ0v) is 24.6. The molecule has 0 amide bonds. The average Bonchev–Trinajstić information content (AvgIpc) is 3.54. The summed E-state index contributed by atoms with van der Waals surface area (Å²) >= 11 is 19.1. The standard InChI is InChI=1S/C31H30Cl2FN5S/c1-19-14-20(2)18-37(17-19)27-11-9-22(16-24(27)33)39-30(29(36-31(39)40)26-6-3-4-12-35-26)28-7-5-13-38(28)21-8-10-25(34)23(32)15-21/h3-13,15-16,19-20,29-30H,14,17-18H2,1-2H3,(H,36,40)/t19-,20+,29-,30+/m0/s1. The van der Waals surface area contributed by atoms with Crippen molar-refractivity contribution in [1.82, 2.24) is 14.9 Å². The van der Waals surface area contributed by atoms with E-state index in [1.54, 1.807) is 18.3 Å². The molecule has 206 valence electrons. The fourth-order valence-electron chi connectivity index (χ4n) is 6.20. The predicted octanol–water partition coefficient (Wildman–Crippen LogP) is 7.98. The third kappa shape index (κ3) is 5.06. The Labute approximate surface area is 249 Å². The van der Waals surface area contributed by atoms with Crippen LogP contribution in [0.25, 0.3) is 5.69 Å². The molecule has 0 aliphatic carbocycles. The van der Waals surface area contributed by atoms with Crippen molar-refractivity contribution in [2.24, 2.45) is 11.8 Å². The van der Waals surface area contributed by atoms with Gasteiger partial charge in [-0.15, -0.1) is 0 Å². The van der Waals surface area contributed by atoms with Gasteiger partial charge in [0.05, 0.1) is 27.5 Å². The van der Waals surface area contributed by atoms with Crippen molar-refractivity contribution in [2.45, 2.75) is 32.4 Å². The molecule has 4 atom stereocenters. The molecule has 2 aliphatic rings. The van der Waals surface area contributed by atoms with Crippen LogP contribution in [0.2, 0.25) is 10.0 Å².